The van der Waals surface area contributed by atoms with Gasteiger partial charge >= 0.3 is 0 Å². The van der Waals surface area contributed by atoms with Crippen molar-refractivity contribution in [2.24, 2.45) is 0 Å². The van der Waals surface area contributed by atoms with Gasteiger partial charge in [-0.1, -0.05) is 66.2 Å². The fourth-order valence-corrected chi connectivity index (χ4v) is 8.61. The second kappa shape index (κ2) is 18.7. The molecular weight excluding hydrogens is 748 g/mol. The van der Waals surface area contributed by atoms with Crippen molar-refractivity contribution >= 4 is 50.7 Å². The average molecular weight is 793 g/mol. The van der Waals surface area contributed by atoms with Gasteiger partial charge in [-0.15, -0.1) is 11.8 Å². The van der Waals surface area contributed by atoms with E-state index in [1.54, 1.807) is 30.0 Å². The van der Waals surface area contributed by atoms with E-state index in [9.17, 15) is 18.5 Å². The SMILES string of the molecule is CN(C)CC[C@H](CSc1ccccc1)Nc1ccc(S(=O)(=O)NC(=O)c2ccc(N3CCN(Cc4ccccc4-c4ccc(Cl)cc4)CC3)cc2)cc1C#N. The van der Waals surface area contributed by atoms with Crippen molar-refractivity contribution in [2.75, 3.05) is 62.8 Å². The molecule has 1 amide bonds. The van der Waals surface area contributed by atoms with Crippen molar-refractivity contribution in [1.82, 2.24) is 14.5 Å². The van der Waals surface area contributed by atoms with E-state index in [0.29, 0.717) is 5.69 Å². The lowest BCUT2D eigenvalue weighted by Gasteiger charge is -2.36. The van der Waals surface area contributed by atoms with Crippen LogP contribution in [0, 0.1) is 11.3 Å². The second-order valence-corrected chi connectivity index (χ2v) is 17.0. The van der Waals surface area contributed by atoms with E-state index in [1.807, 2.05) is 56.6 Å². The van der Waals surface area contributed by atoms with E-state index in [4.69, 9.17) is 11.6 Å². The Balaban J connectivity index is 1.04. The number of hydrogen-bond acceptors (Lipinski definition) is 9. The van der Waals surface area contributed by atoms with Crippen LogP contribution >= 0.6 is 23.4 Å². The number of halogens is 1. The van der Waals surface area contributed by atoms with Crippen LogP contribution < -0.4 is 14.9 Å². The van der Waals surface area contributed by atoms with Gasteiger partial charge < -0.3 is 15.1 Å². The summed E-state index contributed by atoms with van der Waals surface area (Å²) in [7, 11) is -0.225. The minimum atomic E-state index is -4.25. The summed E-state index contributed by atoms with van der Waals surface area (Å²) in [5.41, 5.74) is 5.52. The standard InChI is InChI=1S/C43H45ClN6O3S2/c1-48(2)23-22-37(31-54-39-9-4-3-5-10-39)46-42-21-20-40(28-35(42)29-45)55(52,53)47-43(51)33-14-18-38(19-15-33)50-26-24-49(25-27-50)30-34-8-6-7-11-41(34)32-12-16-36(44)17-13-32/h3-21,28,37,46H,22-27,30-31H2,1-2H3,(H,47,51)/t37-/m1/s1. The van der Waals surface area contributed by atoms with Crippen LogP contribution in [0.1, 0.15) is 27.9 Å². The van der Waals surface area contributed by atoms with Crippen LogP contribution in [0.3, 0.4) is 0 Å². The molecule has 1 fully saturated rings. The van der Waals surface area contributed by atoms with Crippen LogP contribution in [0.4, 0.5) is 11.4 Å². The molecule has 5 aromatic rings. The zero-order valence-electron chi connectivity index (χ0n) is 31.0. The van der Waals surface area contributed by atoms with Crippen LogP contribution in [0.25, 0.3) is 11.1 Å². The van der Waals surface area contributed by atoms with Crippen LogP contribution in [0.2, 0.25) is 5.02 Å². The van der Waals surface area contributed by atoms with E-state index in [1.165, 1.54) is 23.3 Å². The third-order valence-electron chi connectivity index (χ3n) is 9.56. The first kappa shape index (κ1) is 39.9. The Labute approximate surface area is 334 Å². The zero-order valence-corrected chi connectivity index (χ0v) is 33.4. The molecule has 2 N–H and O–H groups in total. The Morgan fingerprint density at radius 1 is 0.891 bits per heavy atom. The Morgan fingerprint density at radius 2 is 1.58 bits per heavy atom. The normalized spacial score (nSPS) is 14.0. The van der Waals surface area contributed by atoms with Gasteiger partial charge in [-0.3, -0.25) is 9.69 Å². The topological polar surface area (TPSA) is 109 Å². The number of carbonyl (C=O) groups excluding carboxylic acids is 1. The molecule has 1 aliphatic heterocycles. The van der Waals surface area contributed by atoms with Gasteiger partial charge in [-0.05, 0) is 110 Å². The highest BCUT2D eigenvalue weighted by Gasteiger charge is 2.23. The van der Waals surface area contributed by atoms with E-state index >= 15 is 0 Å². The first-order chi connectivity index (χ1) is 26.6. The van der Waals surface area contributed by atoms with E-state index in [-0.39, 0.29) is 22.1 Å². The molecule has 0 spiro atoms. The van der Waals surface area contributed by atoms with Crippen molar-refractivity contribution in [3.63, 3.8) is 0 Å². The molecule has 9 nitrogen and oxygen atoms in total. The summed E-state index contributed by atoms with van der Waals surface area (Å²) in [6, 6.07) is 40.0. The summed E-state index contributed by atoms with van der Waals surface area (Å²) < 4.78 is 28.9. The molecule has 0 aliphatic carbocycles. The molecule has 55 heavy (non-hydrogen) atoms. The molecule has 0 saturated carbocycles. The third-order valence-corrected chi connectivity index (χ3v) is 12.3. The minimum Gasteiger partial charge on any atom is -0.380 e. The lowest BCUT2D eigenvalue weighted by Crippen LogP contribution is -2.46. The van der Waals surface area contributed by atoms with Gasteiger partial charge in [0.15, 0.2) is 0 Å². The number of nitrogens with zero attached hydrogens (tertiary/aromatic N) is 4. The van der Waals surface area contributed by atoms with Gasteiger partial charge in [-0.25, -0.2) is 13.1 Å². The number of amides is 1. The molecular formula is C43H45ClN6O3S2. The molecule has 0 unspecified atom stereocenters. The number of thioether (sulfide) groups is 1. The zero-order chi connectivity index (χ0) is 38.8. The maximum absolute atomic E-state index is 13.4. The van der Waals surface area contributed by atoms with Gasteiger partial charge in [-0.2, -0.15) is 5.26 Å². The lowest BCUT2D eigenvalue weighted by molar-refractivity contribution is 0.0981. The summed E-state index contributed by atoms with van der Waals surface area (Å²) in [6.07, 6.45) is 0.823. The predicted molar refractivity (Wildman–Crippen MR) is 224 cm³/mol. The van der Waals surface area contributed by atoms with Gasteiger partial charge in [0.05, 0.1) is 16.1 Å². The number of carbonyl (C=O) groups is 1. The highest BCUT2D eigenvalue weighted by molar-refractivity contribution is 7.99. The van der Waals surface area contributed by atoms with Crippen LogP contribution in [0.15, 0.2) is 131 Å². The second-order valence-electron chi connectivity index (χ2n) is 13.8. The summed E-state index contributed by atoms with van der Waals surface area (Å²) >= 11 is 7.84. The Bertz CT molecular complexity index is 2200. The minimum absolute atomic E-state index is 0.0250. The molecule has 6 rings (SSSR count). The summed E-state index contributed by atoms with van der Waals surface area (Å²) in [5, 5.41) is 14.2. The van der Waals surface area contributed by atoms with Crippen LogP contribution in [-0.2, 0) is 16.6 Å². The summed E-state index contributed by atoms with van der Waals surface area (Å²) in [4.78, 5) is 21.0. The molecule has 1 saturated heterocycles. The van der Waals surface area contributed by atoms with Gasteiger partial charge in [0.25, 0.3) is 15.9 Å². The summed E-state index contributed by atoms with van der Waals surface area (Å²) in [5.74, 6) is 0.0208. The Morgan fingerprint density at radius 3 is 2.27 bits per heavy atom. The van der Waals surface area contributed by atoms with Crippen molar-refractivity contribution in [3.8, 4) is 17.2 Å². The Hall–Kier alpha value is -4.83. The number of nitrogens with one attached hydrogen (secondary N) is 2. The summed E-state index contributed by atoms with van der Waals surface area (Å²) in [6.45, 7) is 5.05. The number of piperazine rings is 1. The third kappa shape index (κ3) is 10.9. The van der Waals surface area contributed by atoms with Gasteiger partial charge in [0.2, 0.25) is 0 Å². The number of anilines is 2. The maximum Gasteiger partial charge on any atom is 0.264 e. The quantitative estimate of drug-likeness (QED) is 0.103. The molecule has 284 valence electrons. The lowest BCUT2D eigenvalue weighted by atomic mass is 9.99. The molecule has 1 aliphatic rings. The smallest absolute Gasteiger partial charge is 0.264 e. The molecule has 1 heterocycles. The molecule has 1 atom stereocenters. The fraction of sp³-hybridized carbons (Fsp3) is 0.256. The first-order valence-corrected chi connectivity index (χ1v) is 21.0. The number of hydrogen-bond donors (Lipinski definition) is 2. The highest BCUT2D eigenvalue weighted by atomic mass is 35.5. The largest absolute Gasteiger partial charge is 0.380 e. The molecule has 0 aromatic heterocycles. The molecule has 12 heteroatoms. The van der Waals surface area contributed by atoms with Crippen molar-refractivity contribution in [3.05, 3.63) is 143 Å². The predicted octanol–water partition coefficient (Wildman–Crippen LogP) is 7.84. The van der Waals surface area contributed by atoms with Crippen LogP contribution in [0.5, 0.6) is 0 Å². The highest BCUT2D eigenvalue weighted by Crippen LogP contribution is 2.28. The van der Waals surface area contributed by atoms with Crippen LogP contribution in [-0.4, -0.2) is 82.7 Å². The maximum atomic E-state index is 13.4. The monoisotopic (exact) mass is 792 g/mol. The number of nitriles is 1. The number of rotatable bonds is 15. The average Bonchev–Trinajstić information content (AvgIpc) is 3.20. The van der Waals surface area contributed by atoms with E-state index < -0.39 is 15.9 Å². The first-order valence-electron chi connectivity index (χ1n) is 18.2. The molecule has 5 aromatic carbocycles. The number of sulfonamides is 1. The van der Waals surface area contributed by atoms with E-state index in [0.717, 1.165) is 72.6 Å². The molecule has 0 radical (unpaired) electrons. The van der Waals surface area contributed by atoms with Crippen molar-refractivity contribution < 1.29 is 13.2 Å². The van der Waals surface area contributed by atoms with Crippen molar-refractivity contribution in [1.29, 1.82) is 5.26 Å². The Kier molecular flexibility index (Phi) is 13.5. The fourth-order valence-electron chi connectivity index (χ4n) is 6.49. The van der Waals surface area contributed by atoms with Crippen molar-refractivity contribution in [2.45, 2.75) is 28.8 Å². The van der Waals surface area contributed by atoms with Gasteiger partial charge in [0.1, 0.15) is 6.07 Å². The van der Waals surface area contributed by atoms with Gasteiger partial charge in [0, 0.05) is 65.7 Å². The van der Waals surface area contributed by atoms with E-state index in [2.05, 4.69) is 79.3 Å². The molecule has 0 bridgehead atoms. The number of benzene rings is 5.